The molecule has 6 nitrogen and oxygen atoms in total. The number of ether oxygens (including phenoxy) is 1. The van der Waals surface area contributed by atoms with Crippen molar-refractivity contribution < 1.29 is 19.4 Å². The number of rotatable bonds is 5. The minimum Gasteiger partial charge on any atom is -0.511 e. The van der Waals surface area contributed by atoms with Gasteiger partial charge in [-0.1, -0.05) is 20.8 Å². The lowest BCUT2D eigenvalue weighted by Crippen LogP contribution is -2.41. The van der Waals surface area contributed by atoms with Crippen molar-refractivity contribution in [2.75, 3.05) is 7.11 Å². The molecule has 0 radical (unpaired) electrons. The highest BCUT2D eigenvalue weighted by Crippen LogP contribution is 2.43. The fourth-order valence-electron chi connectivity index (χ4n) is 3.16. The number of aliphatic imine (C=N–C) groups is 1. The number of esters is 1. The number of aliphatic hydroxyl groups is 1. The van der Waals surface area contributed by atoms with Gasteiger partial charge in [0.25, 0.3) is 0 Å². The summed E-state index contributed by atoms with van der Waals surface area (Å²) in [5.41, 5.74) is 0.659. The van der Waals surface area contributed by atoms with Crippen LogP contribution < -0.4 is 0 Å². The highest BCUT2D eigenvalue weighted by molar-refractivity contribution is 6.24. The van der Waals surface area contributed by atoms with Crippen molar-refractivity contribution in [2.24, 2.45) is 16.3 Å². The van der Waals surface area contributed by atoms with E-state index in [0.717, 1.165) is 0 Å². The van der Waals surface area contributed by atoms with E-state index < -0.39 is 17.3 Å². The molecule has 0 aliphatic heterocycles. The molecule has 6 heteroatoms. The van der Waals surface area contributed by atoms with E-state index in [0.29, 0.717) is 24.2 Å². The standard InChI is InChI=1S/C19H24N2O4/c1-5-6-14(22)15-13(21-12-7-9-20-10-8-12)11-19(2,3)16(17(15)23)18(24)25-4/h7-10,16,23H,5-6,11H2,1-4H3/t16-/m0/s1. The number of allylic oxidation sites excluding steroid dienone is 1. The number of carbonyl (C=O) groups is 2. The number of ketones is 1. The highest BCUT2D eigenvalue weighted by atomic mass is 16.5. The Labute approximate surface area is 147 Å². The van der Waals surface area contributed by atoms with Crippen LogP contribution >= 0.6 is 0 Å². The minimum atomic E-state index is -0.885. The van der Waals surface area contributed by atoms with Gasteiger partial charge in [0.15, 0.2) is 5.78 Å². The second-order valence-electron chi connectivity index (χ2n) is 6.82. The number of aliphatic hydroxyl groups excluding tert-OH is 1. The zero-order valence-corrected chi connectivity index (χ0v) is 15.1. The van der Waals surface area contributed by atoms with Crippen molar-refractivity contribution in [3.05, 3.63) is 35.9 Å². The summed E-state index contributed by atoms with van der Waals surface area (Å²) in [6.07, 6.45) is 4.53. The Bertz CT molecular complexity index is 720. The van der Waals surface area contributed by atoms with Gasteiger partial charge in [-0.3, -0.25) is 19.6 Å². The summed E-state index contributed by atoms with van der Waals surface area (Å²) in [6, 6.07) is 3.46. The number of pyridine rings is 1. The molecule has 1 aliphatic rings. The van der Waals surface area contributed by atoms with Crippen molar-refractivity contribution >= 4 is 23.2 Å². The maximum atomic E-state index is 12.6. The molecule has 1 aromatic rings. The van der Waals surface area contributed by atoms with E-state index >= 15 is 0 Å². The Hall–Kier alpha value is -2.50. The normalized spacial score (nSPS) is 21.3. The number of Topliss-reactive ketones (excluding diaryl/α,β-unsaturated/α-hetero) is 1. The van der Waals surface area contributed by atoms with Gasteiger partial charge >= 0.3 is 5.97 Å². The van der Waals surface area contributed by atoms with E-state index in [4.69, 9.17) is 4.74 Å². The van der Waals surface area contributed by atoms with Crippen LogP contribution in [0.15, 0.2) is 40.9 Å². The third-order valence-corrected chi connectivity index (χ3v) is 4.34. The van der Waals surface area contributed by atoms with E-state index in [9.17, 15) is 14.7 Å². The number of hydrogen-bond acceptors (Lipinski definition) is 6. The molecule has 0 amide bonds. The lowest BCUT2D eigenvalue weighted by molar-refractivity contribution is -0.149. The number of carbonyl (C=O) groups excluding carboxylic acids is 2. The molecular weight excluding hydrogens is 320 g/mol. The van der Waals surface area contributed by atoms with E-state index in [-0.39, 0.29) is 23.5 Å². The summed E-state index contributed by atoms with van der Waals surface area (Å²) in [5.74, 6) is -1.89. The molecule has 1 heterocycles. The molecule has 1 aromatic heterocycles. The maximum absolute atomic E-state index is 12.6. The van der Waals surface area contributed by atoms with Crippen molar-refractivity contribution in [3.8, 4) is 0 Å². The number of aromatic nitrogens is 1. The molecule has 0 saturated carbocycles. The second-order valence-corrected chi connectivity index (χ2v) is 6.82. The predicted molar refractivity (Wildman–Crippen MR) is 94.8 cm³/mol. The molecule has 2 rings (SSSR count). The molecule has 0 bridgehead atoms. The molecule has 1 N–H and O–H groups in total. The fraction of sp³-hybridized carbons (Fsp3) is 0.474. The zero-order chi connectivity index (χ0) is 18.6. The summed E-state index contributed by atoms with van der Waals surface area (Å²) < 4.78 is 4.84. The van der Waals surface area contributed by atoms with Crippen molar-refractivity contribution in [1.29, 1.82) is 0 Å². The molecule has 25 heavy (non-hydrogen) atoms. The van der Waals surface area contributed by atoms with E-state index in [1.165, 1.54) is 7.11 Å². The van der Waals surface area contributed by atoms with Crippen LogP contribution in [0, 0.1) is 11.3 Å². The molecule has 0 saturated heterocycles. The van der Waals surface area contributed by atoms with Gasteiger partial charge in [0.05, 0.1) is 24.1 Å². The van der Waals surface area contributed by atoms with Gasteiger partial charge in [-0.05, 0) is 30.4 Å². The van der Waals surface area contributed by atoms with Gasteiger partial charge < -0.3 is 9.84 Å². The van der Waals surface area contributed by atoms with Gasteiger partial charge in [-0.2, -0.15) is 0 Å². The van der Waals surface area contributed by atoms with E-state index in [1.54, 1.807) is 24.5 Å². The Morgan fingerprint density at radius 3 is 2.56 bits per heavy atom. The first-order chi connectivity index (χ1) is 11.8. The third-order valence-electron chi connectivity index (χ3n) is 4.34. The monoisotopic (exact) mass is 344 g/mol. The Morgan fingerprint density at radius 2 is 2.00 bits per heavy atom. The molecule has 0 aromatic carbocycles. The van der Waals surface area contributed by atoms with Gasteiger partial charge in [0, 0.05) is 18.8 Å². The SMILES string of the molecule is CCCC(=O)C1=C(O)[C@@H](C(=O)OC)C(C)(C)CC1=Nc1ccncc1. The summed E-state index contributed by atoms with van der Waals surface area (Å²) in [5, 5.41) is 10.8. The van der Waals surface area contributed by atoms with Crippen LogP contribution in [-0.4, -0.2) is 34.7 Å². The first-order valence-corrected chi connectivity index (χ1v) is 8.34. The van der Waals surface area contributed by atoms with Crippen molar-refractivity contribution in [1.82, 2.24) is 4.98 Å². The number of hydrogen-bond donors (Lipinski definition) is 1. The molecule has 1 aliphatic carbocycles. The largest absolute Gasteiger partial charge is 0.511 e. The minimum absolute atomic E-state index is 0.147. The summed E-state index contributed by atoms with van der Waals surface area (Å²) in [4.78, 5) is 33.3. The molecule has 0 unspecified atom stereocenters. The van der Waals surface area contributed by atoms with Crippen molar-refractivity contribution in [3.63, 3.8) is 0 Å². The second kappa shape index (κ2) is 7.59. The average Bonchev–Trinajstić information content (AvgIpc) is 2.54. The Kier molecular flexibility index (Phi) is 5.72. The quantitative estimate of drug-likeness (QED) is 0.825. The lowest BCUT2D eigenvalue weighted by atomic mass is 9.67. The summed E-state index contributed by atoms with van der Waals surface area (Å²) in [7, 11) is 1.28. The summed E-state index contributed by atoms with van der Waals surface area (Å²) >= 11 is 0. The predicted octanol–water partition coefficient (Wildman–Crippen LogP) is 3.55. The summed E-state index contributed by atoms with van der Waals surface area (Å²) in [6.45, 7) is 5.60. The average molecular weight is 344 g/mol. The number of methoxy groups -OCH3 is 1. The zero-order valence-electron chi connectivity index (χ0n) is 15.1. The van der Waals surface area contributed by atoms with Crippen LogP contribution in [0.4, 0.5) is 5.69 Å². The third kappa shape index (κ3) is 3.95. The first-order valence-electron chi connectivity index (χ1n) is 8.34. The van der Waals surface area contributed by atoms with E-state index in [2.05, 4.69) is 9.98 Å². The Balaban J connectivity index is 2.62. The van der Waals surface area contributed by atoms with Crippen LogP contribution in [0.1, 0.15) is 40.0 Å². The molecule has 0 spiro atoms. The lowest BCUT2D eigenvalue weighted by Gasteiger charge is -2.37. The van der Waals surface area contributed by atoms with Crippen molar-refractivity contribution in [2.45, 2.75) is 40.0 Å². The maximum Gasteiger partial charge on any atom is 0.316 e. The Morgan fingerprint density at radius 1 is 1.36 bits per heavy atom. The smallest absolute Gasteiger partial charge is 0.316 e. The molecule has 134 valence electrons. The van der Waals surface area contributed by atoms with Gasteiger partial charge in [-0.25, -0.2) is 0 Å². The fourth-order valence-corrected chi connectivity index (χ4v) is 3.16. The van der Waals surface area contributed by atoms with Crippen LogP contribution in [0.2, 0.25) is 0 Å². The first kappa shape index (κ1) is 18.8. The van der Waals surface area contributed by atoms with E-state index in [1.807, 2.05) is 20.8 Å². The van der Waals surface area contributed by atoms with Crippen LogP contribution in [0.25, 0.3) is 0 Å². The molecule has 0 fully saturated rings. The number of nitrogens with zero attached hydrogens (tertiary/aromatic N) is 2. The van der Waals surface area contributed by atoms with Crippen LogP contribution in [0.5, 0.6) is 0 Å². The highest BCUT2D eigenvalue weighted by Gasteiger charge is 2.47. The molecule has 1 atom stereocenters. The van der Waals surface area contributed by atoms with Crippen LogP contribution in [0.3, 0.4) is 0 Å². The molecular formula is C19H24N2O4. The van der Waals surface area contributed by atoms with Gasteiger partial charge in [-0.15, -0.1) is 0 Å². The van der Waals surface area contributed by atoms with Gasteiger partial charge in [0.2, 0.25) is 0 Å². The van der Waals surface area contributed by atoms with Crippen LogP contribution in [-0.2, 0) is 14.3 Å². The van der Waals surface area contributed by atoms with Gasteiger partial charge in [0.1, 0.15) is 11.7 Å². The topological polar surface area (TPSA) is 88.8 Å².